The van der Waals surface area contributed by atoms with Crippen molar-refractivity contribution in [3.05, 3.63) is 53.6 Å². The van der Waals surface area contributed by atoms with E-state index in [0.29, 0.717) is 17.1 Å². The molecule has 3 rings (SSSR count). The molecule has 0 saturated carbocycles. The zero-order chi connectivity index (χ0) is 22.1. The molecule has 11 heteroatoms. The lowest BCUT2D eigenvalue weighted by molar-refractivity contribution is -0.234. The van der Waals surface area contributed by atoms with E-state index < -0.39 is 17.6 Å². The molecule has 3 aromatic rings. The Kier molecular flexibility index (Phi) is 5.71. The second-order valence-corrected chi connectivity index (χ2v) is 7.17. The van der Waals surface area contributed by atoms with E-state index in [1.54, 1.807) is 0 Å². The van der Waals surface area contributed by atoms with Gasteiger partial charge < -0.3 is 10.1 Å². The molecule has 0 spiro atoms. The second kappa shape index (κ2) is 7.94. The van der Waals surface area contributed by atoms with Gasteiger partial charge >= 0.3 is 6.18 Å². The van der Waals surface area contributed by atoms with Crippen LogP contribution in [0.1, 0.15) is 13.8 Å². The Hall–Kier alpha value is -3.14. The third-order valence-corrected chi connectivity index (χ3v) is 4.28. The molecule has 158 valence electrons. The molecule has 30 heavy (non-hydrogen) atoms. The predicted molar refractivity (Wildman–Crippen MR) is 102 cm³/mol. The van der Waals surface area contributed by atoms with Gasteiger partial charge in [-0.15, -0.1) is 5.10 Å². The molecule has 0 fully saturated rings. The third-order valence-electron chi connectivity index (χ3n) is 4.07. The summed E-state index contributed by atoms with van der Waals surface area (Å²) in [6.45, 7) is 1.68. The lowest BCUT2D eigenvalue weighted by Crippen LogP contribution is -2.44. The predicted octanol–water partition coefficient (Wildman–Crippen LogP) is 5.01. The van der Waals surface area contributed by atoms with Crippen molar-refractivity contribution >= 4 is 23.8 Å². The quantitative estimate of drug-likeness (QED) is 0.430. The van der Waals surface area contributed by atoms with E-state index in [1.807, 2.05) is 0 Å². The number of carbonyl (C=O) groups is 1. The average molecular weight is 443 g/mol. The first-order valence-corrected chi connectivity index (χ1v) is 8.86. The Balaban J connectivity index is 2.11. The minimum absolute atomic E-state index is 0.127. The summed E-state index contributed by atoms with van der Waals surface area (Å²) in [5.74, 6) is -1.01. The van der Waals surface area contributed by atoms with Gasteiger partial charge in [-0.1, -0.05) is 11.6 Å². The van der Waals surface area contributed by atoms with E-state index in [1.165, 1.54) is 35.3 Å². The summed E-state index contributed by atoms with van der Waals surface area (Å²) in [6.07, 6.45) is -1.45. The molecule has 1 N–H and O–H groups in total. The van der Waals surface area contributed by atoms with Gasteiger partial charge in [0, 0.05) is 23.9 Å². The summed E-state index contributed by atoms with van der Waals surface area (Å²) in [5, 5.41) is 6.86. The smallest absolute Gasteiger partial charge is 0.427 e. The lowest BCUT2D eigenvalue weighted by atomic mass is 10.1. The first-order chi connectivity index (χ1) is 14.0. The van der Waals surface area contributed by atoms with Crippen LogP contribution < -0.4 is 10.1 Å². The zero-order valence-electron chi connectivity index (χ0n) is 15.7. The van der Waals surface area contributed by atoms with Crippen LogP contribution in [0.4, 0.5) is 23.4 Å². The molecule has 0 atom stereocenters. The molecule has 0 saturated heterocycles. The van der Waals surface area contributed by atoms with Crippen LogP contribution in [0, 0.1) is 5.82 Å². The van der Waals surface area contributed by atoms with Crippen LogP contribution in [0.15, 0.2) is 42.7 Å². The minimum atomic E-state index is -4.67. The van der Waals surface area contributed by atoms with Gasteiger partial charge in [-0.2, -0.15) is 13.2 Å². The maximum Gasteiger partial charge on any atom is 0.427 e. The minimum Gasteiger partial charge on any atom is -0.478 e. The van der Waals surface area contributed by atoms with Crippen molar-refractivity contribution in [1.82, 2.24) is 14.8 Å². The average Bonchev–Trinajstić information content (AvgIpc) is 3.04. The molecular formula is C19H15ClF4N4O2. The Bertz CT molecular complexity index is 1080. The SMILES string of the molecule is CC(C)(Oc1cc(F)cc(-c2cc(NC=O)nn2-c2cncc(Cl)c2)c1)C(F)(F)F. The highest BCUT2D eigenvalue weighted by Gasteiger charge is 2.49. The van der Waals surface area contributed by atoms with Crippen LogP contribution in [-0.4, -0.2) is 33.0 Å². The van der Waals surface area contributed by atoms with Gasteiger partial charge in [-0.3, -0.25) is 9.78 Å². The van der Waals surface area contributed by atoms with Crippen molar-refractivity contribution in [2.24, 2.45) is 0 Å². The van der Waals surface area contributed by atoms with Crippen LogP contribution in [-0.2, 0) is 4.79 Å². The van der Waals surface area contributed by atoms with E-state index in [9.17, 15) is 22.4 Å². The largest absolute Gasteiger partial charge is 0.478 e. The van der Waals surface area contributed by atoms with Crippen LogP contribution in [0.3, 0.4) is 0 Å². The zero-order valence-corrected chi connectivity index (χ0v) is 16.4. The number of rotatable bonds is 6. The Labute approximate surface area is 173 Å². The number of aromatic nitrogens is 3. The molecular weight excluding hydrogens is 428 g/mol. The second-order valence-electron chi connectivity index (χ2n) is 6.74. The number of nitrogens with zero attached hydrogens (tertiary/aromatic N) is 3. The molecule has 0 aliphatic heterocycles. The summed E-state index contributed by atoms with van der Waals surface area (Å²) in [5.41, 5.74) is -1.73. The summed E-state index contributed by atoms with van der Waals surface area (Å²) in [4.78, 5) is 14.8. The molecule has 0 aliphatic rings. The van der Waals surface area contributed by atoms with Crippen LogP contribution in [0.5, 0.6) is 5.75 Å². The number of hydrogen-bond donors (Lipinski definition) is 1. The monoisotopic (exact) mass is 442 g/mol. The highest BCUT2D eigenvalue weighted by atomic mass is 35.5. The van der Waals surface area contributed by atoms with Crippen molar-refractivity contribution in [2.75, 3.05) is 5.32 Å². The fourth-order valence-electron chi connectivity index (χ4n) is 2.55. The molecule has 1 aromatic carbocycles. The first-order valence-electron chi connectivity index (χ1n) is 8.48. The van der Waals surface area contributed by atoms with Gasteiger partial charge in [0.25, 0.3) is 0 Å². The normalized spacial score (nSPS) is 12.0. The van der Waals surface area contributed by atoms with Gasteiger partial charge in [-0.05, 0) is 32.0 Å². The van der Waals surface area contributed by atoms with Gasteiger partial charge in [0.05, 0.1) is 22.6 Å². The Morgan fingerprint density at radius 2 is 1.87 bits per heavy atom. The maximum atomic E-state index is 14.2. The van der Waals surface area contributed by atoms with Crippen molar-refractivity contribution in [2.45, 2.75) is 25.6 Å². The summed E-state index contributed by atoms with van der Waals surface area (Å²) in [6, 6.07) is 6.14. The van der Waals surface area contributed by atoms with Gasteiger partial charge in [-0.25, -0.2) is 9.07 Å². The number of halogens is 5. The number of carbonyl (C=O) groups excluding carboxylic acids is 1. The fourth-order valence-corrected chi connectivity index (χ4v) is 2.72. The Morgan fingerprint density at radius 3 is 2.50 bits per heavy atom. The molecule has 2 aromatic heterocycles. The standard InChI is InChI=1S/C19H15ClF4N4O2/c1-18(2,19(22,23)24)30-15-4-11(3-13(21)6-15)16-7-17(26-10-29)27-28(16)14-5-12(20)8-25-9-14/h3-10H,1-2H3,(H,26,27,29). The van der Waals surface area contributed by atoms with Crippen molar-refractivity contribution in [3.8, 4) is 22.7 Å². The van der Waals surface area contributed by atoms with Gasteiger partial charge in [0.1, 0.15) is 11.6 Å². The van der Waals surface area contributed by atoms with Crippen LogP contribution in [0.2, 0.25) is 5.02 Å². The molecule has 6 nitrogen and oxygen atoms in total. The Morgan fingerprint density at radius 1 is 1.13 bits per heavy atom. The van der Waals surface area contributed by atoms with Crippen LogP contribution in [0.25, 0.3) is 16.9 Å². The molecule has 2 heterocycles. The number of pyridine rings is 1. The fraction of sp³-hybridized carbons (Fsp3) is 0.211. The van der Waals surface area contributed by atoms with E-state index in [2.05, 4.69) is 15.4 Å². The highest BCUT2D eigenvalue weighted by molar-refractivity contribution is 6.30. The van der Waals surface area contributed by atoms with E-state index in [4.69, 9.17) is 16.3 Å². The molecule has 0 bridgehead atoms. The molecule has 0 unspecified atom stereocenters. The first kappa shape index (κ1) is 21.6. The number of ether oxygens (including phenoxy) is 1. The number of anilines is 1. The summed E-state index contributed by atoms with van der Waals surface area (Å²) in [7, 11) is 0. The summed E-state index contributed by atoms with van der Waals surface area (Å²) < 4.78 is 60.1. The number of nitrogens with one attached hydrogen (secondary N) is 1. The number of amides is 1. The van der Waals surface area contributed by atoms with Crippen molar-refractivity contribution in [3.63, 3.8) is 0 Å². The van der Waals surface area contributed by atoms with Crippen molar-refractivity contribution < 1.29 is 27.1 Å². The molecule has 1 amide bonds. The molecule has 0 radical (unpaired) electrons. The summed E-state index contributed by atoms with van der Waals surface area (Å²) >= 11 is 5.96. The molecule has 0 aliphatic carbocycles. The topological polar surface area (TPSA) is 69.0 Å². The lowest BCUT2D eigenvalue weighted by Gasteiger charge is -2.29. The third kappa shape index (κ3) is 4.54. The maximum absolute atomic E-state index is 14.2. The van der Waals surface area contributed by atoms with E-state index in [-0.39, 0.29) is 22.8 Å². The number of hydrogen-bond acceptors (Lipinski definition) is 4. The number of alkyl halides is 3. The van der Waals surface area contributed by atoms with Crippen molar-refractivity contribution in [1.29, 1.82) is 0 Å². The van der Waals surface area contributed by atoms with E-state index >= 15 is 0 Å². The van der Waals surface area contributed by atoms with Gasteiger partial charge in [0.2, 0.25) is 6.41 Å². The van der Waals surface area contributed by atoms with Crippen LogP contribution >= 0.6 is 11.6 Å². The van der Waals surface area contributed by atoms with E-state index in [0.717, 1.165) is 26.0 Å². The number of benzene rings is 1. The van der Waals surface area contributed by atoms with Gasteiger partial charge in [0.15, 0.2) is 11.4 Å². The highest BCUT2D eigenvalue weighted by Crippen LogP contribution is 2.36.